The maximum Gasteiger partial charge on any atom is 0.243 e. The molecule has 0 radical (unpaired) electrons. The fourth-order valence-electron chi connectivity index (χ4n) is 3.21. The van der Waals surface area contributed by atoms with Crippen LogP contribution in [-0.4, -0.2) is 41.5 Å². The van der Waals surface area contributed by atoms with Gasteiger partial charge in [0, 0.05) is 32.3 Å². The summed E-state index contributed by atoms with van der Waals surface area (Å²) in [6, 6.07) is 5.04. The number of halogens is 1. The van der Waals surface area contributed by atoms with Gasteiger partial charge in [0.05, 0.1) is 16.8 Å². The van der Waals surface area contributed by atoms with Gasteiger partial charge in [0.2, 0.25) is 15.9 Å². The minimum Gasteiger partial charge on any atom is -0.323 e. The van der Waals surface area contributed by atoms with Crippen LogP contribution in [0.2, 0.25) is 0 Å². The molecule has 1 aromatic heterocycles. The third-order valence-electron chi connectivity index (χ3n) is 4.72. The van der Waals surface area contributed by atoms with Crippen LogP contribution in [0, 0.1) is 11.7 Å². The second-order valence-corrected chi connectivity index (χ2v) is 8.58. The largest absolute Gasteiger partial charge is 0.323 e. The van der Waals surface area contributed by atoms with Gasteiger partial charge in [-0.25, -0.2) is 12.8 Å². The van der Waals surface area contributed by atoms with E-state index < -0.39 is 15.8 Å². The van der Waals surface area contributed by atoms with Crippen molar-refractivity contribution >= 4 is 21.6 Å². The first kappa shape index (κ1) is 19.5. The summed E-state index contributed by atoms with van der Waals surface area (Å²) in [7, 11) is -3.70. The van der Waals surface area contributed by atoms with Crippen molar-refractivity contribution in [3.8, 4) is 0 Å². The van der Waals surface area contributed by atoms with Crippen molar-refractivity contribution in [2.24, 2.45) is 5.92 Å². The third kappa shape index (κ3) is 4.72. The number of piperidine rings is 1. The molecule has 0 spiro atoms. The number of benzene rings is 1. The van der Waals surface area contributed by atoms with Gasteiger partial charge in [-0.1, -0.05) is 6.07 Å². The lowest BCUT2D eigenvalue weighted by Crippen LogP contribution is -2.39. The molecule has 0 aliphatic carbocycles. The predicted octanol–water partition coefficient (Wildman–Crippen LogP) is 2.47. The average molecular weight is 394 g/mol. The van der Waals surface area contributed by atoms with Crippen LogP contribution in [0.15, 0.2) is 41.6 Å². The zero-order valence-electron chi connectivity index (χ0n) is 15.1. The van der Waals surface area contributed by atoms with Crippen LogP contribution >= 0.6 is 0 Å². The molecule has 1 N–H and O–H groups in total. The van der Waals surface area contributed by atoms with Gasteiger partial charge in [0.25, 0.3) is 0 Å². The van der Waals surface area contributed by atoms with E-state index in [1.165, 1.54) is 22.5 Å². The number of aromatic nitrogens is 2. The average Bonchev–Trinajstić information content (AvgIpc) is 3.09. The Morgan fingerprint density at radius 1 is 1.33 bits per heavy atom. The Kier molecular flexibility index (Phi) is 5.91. The number of amides is 1. The molecule has 2 aromatic rings. The van der Waals surface area contributed by atoms with E-state index in [1.54, 1.807) is 17.1 Å². The molecule has 146 valence electrons. The smallest absolute Gasteiger partial charge is 0.243 e. The van der Waals surface area contributed by atoms with Crippen molar-refractivity contribution in [2.45, 2.75) is 37.6 Å². The molecular weight excluding hydrogens is 371 g/mol. The van der Waals surface area contributed by atoms with Crippen molar-refractivity contribution in [2.75, 3.05) is 18.4 Å². The van der Waals surface area contributed by atoms with Crippen molar-refractivity contribution in [3.05, 3.63) is 42.5 Å². The summed E-state index contributed by atoms with van der Waals surface area (Å²) >= 11 is 0. The highest BCUT2D eigenvalue weighted by molar-refractivity contribution is 7.89. The van der Waals surface area contributed by atoms with Gasteiger partial charge in [0.15, 0.2) is 0 Å². The Labute approximate surface area is 158 Å². The molecule has 1 amide bonds. The first-order valence-electron chi connectivity index (χ1n) is 8.96. The topological polar surface area (TPSA) is 84.3 Å². The number of carbonyl (C=O) groups is 1. The predicted molar refractivity (Wildman–Crippen MR) is 99.0 cm³/mol. The van der Waals surface area contributed by atoms with E-state index >= 15 is 0 Å². The Balaban J connectivity index is 1.53. The van der Waals surface area contributed by atoms with Gasteiger partial charge in [-0.2, -0.15) is 9.40 Å². The van der Waals surface area contributed by atoms with E-state index in [1.807, 2.05) is 6.92 Å². The summed E-state index contributed by atoms with van der Waals surface area (Å²) in [5.74, 6) is -0.559. The fourth-order valence-corrected chi connectivity index (χ4v) is 4.71. The van der Waals surface area contributed by atoms with E-state index in [0.717, 1.165) is 12.6 Å². The second-order valence-electron chi connectivity index (χ2n) is 6.64. The van der Waals surface area contributed by atoms with E-state index in [2.05, 4.69) is 10.4 Å². The highest BCUT2D eigenvalue weighted by Gasteiger charge is 2.30. The van der Waals surface area contributed by atoms with Crippen molar-refractivity contribution in [3.63, 3.8) is 0 Å². The van der Waals surface area contributed by atoms with Crippen molar-refractivity contribution in [1.29, 1.82) is 0 Å². The third-order valence-corrected chi connectivity index (χ3v) is 6.62. The molecule has 0 bridgehead atoms. The standard InChI is InChI=1S/C18H23FN4O3S/c1-2-22-13-16(12-20-22)21-18(24)10-14-6-8-23(9-7-14)27(25,26)17-5-3-4-15(19)11-17/h3-5,11-14H,2,6-10H2,1H3,(H,21,24). The number of carbonyl (C=O) groups excluding carboxylic acids is 1. The molecule has 0 atom stereocenters. The number of sulfonamides is 1. The summed E-state index contributed by atoms with van der Waals surface area (Å²) in [5, 5.41) is 6.93. The van der Waals surface area contributed by atoms with Crippen LogP contribution in [0.25, 0.3) is 0 Å². The normalized spacial score (nSPS) is 16.4. The molecule has 27 heavy (non-hydrogen) atoms. The summed E-state index contributed by atoms with van der Waals surface area (Å²) in [5.41, 5.74) is 0.660. The summed E-state index contributed by atoms with van der Waals surface area (Å²) < 4.78 is 41.7. The molecular formula is C18H23FN4O3S. The van der Waals surface area contributed by atoms with Crippen LogP contribution in [-0.2, 0) is 21.4 Å². The molecule has 0 saturated carbocycles. The van der Waals surface area contributed by atoms with Crippen LogP contribution in [0.5, 0.6) is 0 Å². The number of hydrogen-bond donors (Lipinski definition) is 1. The molecule has 1 saturated heterocycles. The van der Waals surface area contributed by atoms with Gasteiger partial charge >= 0.3 is 0 Å². The lowest BCUT2D eigenvalue weighted by Gasteiger charge is -2.30. The molecule has 0 unspecified atom stereocenters. The minimum atomic E-state index is -3.70. The zero-order valence-corrected chi connectivity index (χ0v) is 16.0. The van der Waals surface area contributed by atoms with Crippen LogP contribution in [0.3, 0.4) is 0 Å². The number of nitrogens with zero attached hydrogens (tertiary/aromatic N) is 3. The van der Waals surface area contributed by atoms with E-state index in [0.29, 0.717) is 38.0 Å². The Bertz CT molecular complexity index is 905. The van der Waals surface area contributed by atoms with Gasteiger partial charge in [0.1, 0.15) is 5.82 Å². The maximum absolute atomic E-state index is 13.3. The molecule has 1 aliphatic rings. The number of aryl methyl sites for hydroxylation is 1. The molecule has 9 heteroatoms. The maximum atomic E-state index is 13.3. The van der Waals surface area contributed by atoms with Crippen LogP contribution in [0.1, 0.15) is 26.2 Å². The molecule has 1 fully saturated rings. The first-order chi connectivity index (χ1) is 12.9. The zero-order chi connectivity index (χ0) is 19.4. The highest BCUT2D eigenvalue weighted by Crippen LogP contribution is 2.26. The Hall–Kier alpha value is -2.26. The monoisotopic (exact) mass is 394 g/mol. The summed E-state index contributed by atoms with van der Waals surface area (Å²) in [6.07, 6.45) is 4.90. The van der Waals surface area contributed by atoms with Gasteiger partial charge in [-0.3, -0.25) is 9.48 Å². The van der Waals surface area contributed by atoms with E-state index in [4.69, 9.17) is 0 Å². The first-order valence-corrected chi connectivity index (χ1v) is 10.4. The highest BCUT2D eigenvalue weighted by atomic mass is 32.2. The molecule has 1 aromatic carbocycles. The molecule has 7 nitrogen and oxygen atoms in total. The number of anilines is 1. The molecule has 1 aliphatic heterocycles. The van der Waals surface area contributed by atoms with Crippen LogP contribution < -0.4 is 5.32 Å². The van der Waals surface area contributed by atoms with E-state index in [9.17, 15) is 17.6 Å². The minimum absolute atomic E-state index is 0.0355. The Morgan fingerprint density at radius 3 is 2.70 bits per heavy atom. The van der Waals surface area contributed by atoms with Crippen molar-refractivity contribution < 1.29 is 17.6 Å². The fraction of sp³-hybridized carbons (Fsp3) is 0.444. The van der Waals surface area contributed by atoms with Crippen molar-refractivity contribution in [1.82, 2.24) is 14.1 Å². The lowest BCUT2D eigenvalue weighted by atomic mass is 9.94. The Morgan fingerprint density at radius 2 is 2.07 bits per heavy atom. The molecule has 3 rings (SSSR count). The molecule has 2 heterocycles. The number of rotatable bonds is 6. The van der Waals surface area contributed by atoms with Gasteiger partial charge in [-0.15, -0.1) is 0 Å². The van der Waals surface area contributed by atoms with E-state index in [-0.39, 0.29) is 16.7 Å². The SMILES string of the molecule is CCn1cc(NC(=O)CC2CCN(S(=O)(=O)c3cccc(F)c3)CC2)cn1. The van der Waals surface area contributed by atoms with Crippen LogP contribution in [0.4, 0.5) is 10.1 Å². The second kappa shape index (κ2) is 8.18. The lowest BCUT2D eigenvalue weighted by molar-refractivity contribution is -0.117. The summed E-state index contributed by atoms with van der Waals surface area (Å²) in [4.78, 5) is 12.2. The number of nitrogens with one attached hydrogen (secondary N) is 1. The number of hydrogen-bond acceptors (Lipinski definition) is 4. The summed E-state index contributed by atoms with van der Waals surface area (Å²) in [6.45, 7) is 3.34. The van der Waals surface area contributed by atoms with Gasteiger partial charge in [-0.05, 0) is 43.9 Å². The van der Waals surface area contributed by atoms with Gasteiger partial charge < -0.3 is 5.32 Å². The quantitative estimate of drug-likeness (QED) is 0.816.